The number of aromatic nitrogens is 1. The van der Waals surface area contributed by atoms with Crippen LogP contribution in [0.15, 0.2) is 53.1 Å². The highest BCUT2D eigenvalue weighted by atomic mass is 35.5. The lowest BCUT2D eigenvalue weighted by molar-refractivity contribution is 0.0988. The lowest BCUT2D eigenvalue weighted by atomic mass is 10.1. The first-order valence-corrected chi connectivity index (χ1v) is 9.57. The SMILES string of the molecule is COc1ccc(-c2cc(C(=O)Nc3cccc(Cl)c3N3CCOCC3)on2)cc1. The molecule has 7 nitrogen and oxygen atoms in total. The van der Waals surface area contributed by atoms with Crippen LogP contribution >= 0.6 is 11.6 Å². The number of hydrogen-bond donors (Lipinski definition) is 1. The number of rotatable bonds is 5. The molecule has 150 valence electrons. The molecule has 2 aromatic carbocycles. The van der Waals surface area contributed by atoms with Gasteiger partial charge in [0.25, 0.3) is 5.91 Å². The maximum atomic E-state index is 12.8. The third kappa shape index (κ3) is 4.21. The number of hydrogen-bond acceptors (Lipinski definition) is 6. The third-order valence-electron chi connectivity index (χ3n) is 4.68. The summed E-state index contributed by atoms with van der Waals surface area (Å²) in [7, 11) is 1.61. The molecule has 1 amide bonds. The lowest BCUT2D eigenvalue weighted by Crippen LogP contribution is -2.37. The van der Waals surface area contributed by atoms with Crippen molar-refractivity contribution in [2.45, 2.75) is 0 Å². The van der Waals surface area contributed by atoms with Crippen LogP contribution in [0.25, 0.3) is 11.3 Å². The predicted octanol–water partition coefficient (Wildman–Crippen LogP) is 4.09. The number of para-hydroxylation sites is 1. The number of ether oxygens (including phenoxy) is 2. The van der Waals surface area contributed by atoms with E-state index in [1.54, 1.807) is 25.3 Å². The molecule has 1 aliphatic heterocycles. The Balaban J connectivity index is 1.54. The highest BCUT2D eigenvalue weighted by Crippen LogP contribution is 2.35. The Hall–Kier alpha value is -3.03. The maximum absolute atomic E-state index is 12.8. The summed E-state index contributed by atoms with van der Waals surface area (Å²) in [6.07, 6.45) is 0. The van der Waals surface area contributed by atoms with Gasteiger partial charge in [-0.1, -0.05) is 22.8 Å². The zero-order valence-corrected chi connectivity index (χ0v) is 16.6. The quantitative estimate of drug-likeness (QED) is 0.678. The van der Waals surface area contributed by atoms with E-state index in [0.717, 1.165) is 17.0 Å². The van der Waals surface area contributed by atoms with Crippen LogP contribution in [0.1, 0.15) is 10.6 Å². The van der Waals surface area contributed by atoms with Crippen molar-refractivity contribution in [3.8, 4) is 17.0 Å². The van der Waals surface area contributed by atoms with Gasteiger partial charge in [-0.05, 0) is 36.4 Å². The topological polar surface area (TPSA) is 76.8 Å². The summed E-state index contributed by atoms with van der Waals surface area (Å²) in [5, 5.41) is 7.46. The minimum Gasteiger partial charge on any atom is -0.497 e. The van der Waals surface area contributed by atoms with Gasteiger partial charge in [-0.3, -0.25) is 4.79 Å². The molecule has 4 rings (SSSR count). The van der Waals surface area contributed by atoms with E-state index in [1.165, 1.54) is 0 Å². The molecule has 0 saturated carbocycles. The van der Waals surface area contributed by atoms with Crippen molar-refractivity contribution >= 4 is 28.9 Å². The second-order valence-electron chi connectivity index (χ2n) is 6.49. The van der Waals surface area contributed by atoms with Gasteiger partial charge in [0, 0.05) is 24.7 Å². The number of halogens is 1. The normalized spacial score (nSPS) is 13.9. The predicted molar refractivity (Wildman–Crippen MR) is 111 cm³/mol. The number of carbonyl (C=O) groups excluding carboxylic acids is 1. The van der Waals surface area contributed by atoms with Crippen LogP contribution in [0, 0.1) is 0 Å². The molecular formula is C21H20ClN3O4. The van der Waals surface area contributed by atoms with E-state index in [1.807, 2.05) is 30.3 Å². The first kappa shape index (κ1) is 19.3. The molecule has 0 atom stereocenters. The number of amides is 1. The highest BCUT2D eigenvalue weighted by molar-refractivity contribution is 6.34. The molecular weight excluding hydrogens is 394 g/mol. The number of methoxy groups -OCH3 is 1. The van der Waals surface area contributed by atoms with Crippen LogP contribution in [-0.2, 0) is 4.74 Å². The van der Waals surface area contributed by atoms with Gasteiger partial charge in [0.05, 0.1) is 36.7 Å². The molecule has 1 fully saturated rings. The van der Waals surface area contributed by atoms with Crippen molar-refractivity contribution in [2.75, 3.05) is 43.6 Å². The monoisotopic (exact) mass is 413 g/mol. The van der Waals surface area contributed by atoms with Gasteiger partial charge in [0.15, 0.2) is 0 Å². The molecule has 1 N–H and O–H groups in total. The van der Waals surface area contributed by atoms with Gasteiger partial charge in [-0.15, -0.1) is 0 Å². The molecule has 0 spiro atoms. The zero-order valence-electron chi connectivity index (χ0n) is 15.9. The summed E-state index contributed by atoms with van der Waals surface area (Å²) in [6, 6.07) is 14.4. The fourth-order valence-electron chi connectivity index (χ4n) is 3.19. The summed E-state index contributed by atoms with van der Waals surface area (Å²) in [5.41, 5.74) is 2.79. The molecule has 0 unspecified atom stereocenters. The Morgan fingerprint density at radius 3 is 2.66 bits per heavy atom. The van der Waals surface area contributed by atoms with Crippen molar-refractivity contribution in [1.82, 2.24) is 5.16 Å². The van der Waals surface area contributed by atoms with Gasteiger partial charge in [0.1, 0.15) is 11.4 Å². The van der Waals surface area contributed by atoms with Gasteiger partial charge < -0.3 is 24.2 Å². The summed E-state index contributed by atoms with van der Waals surface area (Å²) in [4.78, 5) is 14.9. The van der Waals surface area contributed by atoms with E-state index in [9.17, 15) is 4.79 Å². The molecule has 29 heavy (non-hydrogen) atoms. The smallest absolute Gasteiger partial charge is 0.294 e. The molecule has 0 bridgehead atoms. The van der Waals surface area contributed by atoms with Crippen molar-refractivity contribution in [1.29, 1.82) is 0 Å². The van der Waals surface area contributed by atoms with Crippen LogP contribution in [0.4, 0.5) is 11.4 Å². The van der Waals surface area contributed by atoms with Crippen LogP contribution < -0.4 is 15.0 Å². The Morgan fingerprint density at radius 2 is 1.93 bits per heavy atom. The molecule has 2 heterocycles. The van der Waals surface area contributed by atoms with E-state index in [2.05, 4.69) is 15.4 Å². The van der Waals surface area contributed by atoms with E-state index < -0.39 is 5.91 Å². The number of nitrogens with zero attached hydrogens (tertiary/aromatic N) is 2. The number of morpholine rings is 1. The fourth-order valence-corrected chi connectivity index (χ4v) is 3.48. The summed E-state index contributed by atoms with van der Waals surface area (Å²) in [6.45, 7) is 2.64. The summed E-state index contributed by atoms with van der Waals surface area (Å²) < 4.78 is 15.8. The fraction of sp³-hybridized carbons (Fsp3) is 0.238. The van der Waals surface area contributed by atoms with E-state index in [-0.39, 0.29) is 5.76 Å². The van der Waals surface area contributed by atoms with Crippen molar-refractivity contribution in [3.05, 3.63) is 59.3 Å². The van der Waals surface area contributed by atoms with Crippen LogP contribution in [0.5, 0.6) is 5.75 Å². The molecule has 0 radical (unpaired) electrons. The standard InChI is InChI=1S/C21H20ClN3O4/c1-27-15-7-5-14(6-8-15)18-13-19(29-24-18)21(26)23-17-4-2-3-16(22)20(17)25-9-11-28-12-10-25/h2-8,13H,9-12H2,1H3,(H,23,26). The lowest BCUT2D eigenvalue weighted by Gasteiger charge is -2.31. The van der Waals surface area contributed by atoms with Crippen molar-refractivity contribution < 1.29 is 18.8 Å². The Labute approximate surface area is 173 Å². The minimum atomic E-state index is -0.394. The largest absolute Gasteiger partial charge is 0.497 e. The maximum Gasteiger partial charge on any atom is 0.294 e. The van der Waals surface area contributed by atoms with Crippen molar-refractivity contribution in [3.63, 3.8) is 0 Å². The molecule has 1 saturated heterocycles. The third-order valence-corrected chi connectivity index (χ3v) is 4.99. The zero-order chi connectivity index (χ0) is 20.2. The van der Waals surface area contributed by atoms with Crippen LogP contribution in [-0.4, -0.2) is 44.5 Å². The number of benzene rings is 2. The molecule has 0 aliphatic carbocycles. The average Bonchev–Trinajstić information content (AvgIpc) is 3.25. The molecule has 8 heteroatoms. The van der Waals surface area contributed by atoms with Gasteiger partial charge in [-0.2, -0.15) is 0 Å². The van der Waals surface area contributed by atoms with E-state index >= 15 is 0 Å². The summed E-state index contributed by atoms with van der Waals surface area (Å²) >= 11 is 6.42. The Morgan fingerprint density at radius 1 is 1.17 bits per heavy atom. The first-order valence-electron chi connectivity index (χ1n) is 9.19. The van der Waals surface area contributed by atoms with Crippen LogP contribution in [0.2, 0.25) is 5.02 Å². The number of carbonyl (C=O) groups is 1. The van der Waals surface area contributed by atoms with Crippen LogP contribution in [0.3, 0.4) is 0 Å². The van der Waals surface area contributed by atoms with Gasteiger partial charge >= 0.3 is 0 Å². The van der Waals surface area contributed by atoms with Gasteiger partial charge in [-0.25, -0.2) is 0 Å². The number of nitrogens with one attached hydrogen (secondary N) is 1. The average molecular weight is 414 g/mol. The van der Waals surface area contributed by atoms with Gasteiger partial charge in [0.2, 0.25) is 5.76 Å². The van der Waals surface area contributed by atoms with Crippen molar-refractivity contribution in [2.24, 2.45) is 0 Å². The first-order chi connectivity index (χ1) is 14.2. The highest BCUT2D eigenvalue weighted by Gasteiger charge is 2.21. The molecule has 3 aromatic rings. The molecule has 1 aromatic heterocycles. The van der Waals surface area contributed by atoms with E-state index in [4.69, 9.17) is 25.6 Å². The molecule has 1 aliphatic rings. The number of anilines is 2. The Bertz CT molecular complexity index is 997. The summed E-state index contributed by atoms with van der Waals surface area (Å²) in [5.74, 6) is 0.463. The van der Waals surface area contributed by atoms with E-state index in [0.29, 0.717) is 42.7 Å². The second-order valence-corrected chi connectivity index (χ2v) is 6.90. The minimum absolute atomic E-state index is 0.115. The Kier molecular flexibility index (Phi) is 5.69. The second kappa shape index (κ2) is 8.55.